The molecule has 2 aromatic rings. The second-order valence-electron chi connectivity index (χ2n) is 4.29. The van der Waals surface area contributed by atoms with E-state index in [1.54, 1.807) is 24.1 Å². The molecule has 0 atom stereocenters. The minimum Gasteiger partial charge on any atom is -0.350 e. The molecule has 2 rings (SSSR count). The van der Waals surface area contributed by atoms with E-state index in [1.165, 1.54) is 6.20 Å². The Morgan fingerprint density at radius 1 is 1.30 bits per heavy atom. The van der Waals surface area contributed by atoms with Crippen LogP contribution < -0.4 is 10.2 Å². The van der Waals surface area contributed by atoms with E-state index in [2.05, 4.69) is 10.3 Å². The number of carbonyl (C=O) groups is 1. The number of pyridine rings is 1. The van der Waals surface area contributed by atoms with Crippen LogP contribution in [-0.4, -0.2) is 24.5 Å². The third-order valence-corrected chi connectivity index (χ3v) is 2.71. The van der Waals surface area contributed by atoms with Crippen LogP contribution in [0.4, 0.5) is 11.5 Å². The van der Waals surface area contributed by atoms with Gasteiger partial charge in [0.15, 0.2) is 0 Å². The number of nitriles is 1. The van der Waals surface area contributed by atoms with Crippen LogP contribution in [0.15, 0.2) is 48.7 Å². The normalized spacial score (nSPS) is 9.60. The van der Waals surface area contributed by atoms with Crippen LogP contribution in [0.2, 0.25) is 0 Å². The molecule has 5 nitrogen and oxygen atoms in total. The molecule has 0 radical (unpaired) electrons. The molecular formula is C15H14N4O. The first-order valence-electron chi connectivity index (χ1n) is 6.11. The van der Waals surface area contributed by atoms with Crippen LogP contribution in [0.1, 0.15) is 5.56 Å². The van der Waals surface area contributed by atoms with Crippen LogP contribution >= 0.6 is 0 Å². The first-order valence-corrected chi connectivity index (χ1v) is 6.11. The number of likely N-dealkylation sites (N-methyl/N-ethyl adjacent to an activating group) is 1. The summed E-state index contributed by atoms with van der Waals surface area (Å²) in [4.78, 5) is 17.7. The molecule has 0 spiro atoms. The summed E-state index contributed by atoms with van der Waals surface area (Å²) in [5, 5.41) is 11.5. The fourth-order valence-electron chi connectivity index (χ4n) is 1.70. The summed E-state index contributed by atoms with van der Waals surface area (Å²) >= 11 is 0. The average Bonchev–Trinajstić information content (AvgIpc) is 2.48. The summed E-state index contributed by atoms with van der Waals surface area (Å²) in [6.07, 6.45) is 1.49. The Kier molecular flexibility index (Phi) is 4.30. The molecule has 0 aliphatic heterocycles. The molecule has 0 unspecified atom stereocenters. The summed E-state index contributed by atoms with van der Waals surface area (Å²) in [6.45, 7) is 0.188. The first kappa shape index (κ1) is 13.6. The highest BCUT2D eigenvalue weighted by Crippen LogP contribution is 2.10. The molecule has 0 aliphatic rings. The van der Waals surface area contributed by atoms with Gasteiger partial charge in [-0.3, -0.25) is 4.79 Å². The van der Waals surface area contributed by atoms with Gasteiger partial charge in [0.25, 0.3) is 0 Å². The van der Waals surface area contributed by atoms with Crippen molar-refractivity contribution in [3.63, 3.8) is 0 Å². The molecule has 5 heteroatoms. The zero-order chi connectivity index (χ0) is 14.4. The molecule has 1 heterocycles. The standard InChI is InChI=1S/C15H14N4O/c1-19(14-8-7-12(9-16)10-17-14)11-15(20)18-13-5-3-2-4-6-13/h2-8,10H,11H2,1H3,(H,18,20). The van der Waals surface area contributed by atoms with Crippen LogP contribution in [-0.2, 0) is 4.79 Å². The van der Waals surface area contributed by atoms with Gasteiger partial charge >= 0.3 is 0 Å². The van der Waals surface area contributed by atoms with Crippen molar-refractivity contribution in [2.24, 2.45) is 0 Å². The van der Waals surface area contributed by atoms with Crippen molar-refractivity contribution in [3.05, 3.63) is 54.2 Å². The molecule has 0 bridgehead atoms. The Morgan fingerprint density at radius 3 is 2.65 bits per heavy atom. The van der Waals surface area contributed by atoms with Gasteiger partial charge in [-0.2, -0.15) is 5.26 Å². The molecule has 0 saturated carbocycles. The topological polar surface area (TPSA) is 69.0 Å². The lowest BCUT2D eigenvalue weighted by molar-refractivity contribution is -0.114. The number of aromatic nitrogens is 1. The van der Waals surface area contributed by atoms with Gasteiger partial charge in [0.05, 0.1) is 12.1 Å². The fourth-order valence-corrected chi connectivity index (χ4v) is 1.70. The quantitative estimate of drug-likeness (QED) is 0.919. The third kappa shape index (κ3) is 3.56. The van der Waals surface area contributed by atoms with E-state index >= 15 is 0 Å². The van der Waals surface area contributed by atoms with Gasteiger partial charge in [0, 0.05) is 18.9 Å². The second-order valence-corrected chi connectivity index (χ2v) is 4.29. The molecule has 0 fully saturated rings. The Balaban J connectivity index is 1.95. The van der Waals surface area contributed by atoms with Crippen molar-refractivity contribution >= 4 is 17.4 Å². The van der Waals surface area contributed by atoms with Crippen LogP contribution in [0.3, 0.4) is 0 Å². The summed E-state index contributed by atoms with van der Waals surface area (Å²) in [7, 11) is 1.78. The molecule has 100 valence electrons. The lowest BCUT2D eigenvalue weighted by Crippen LogP contribution is -2.30. The van der Waals surface area contributed by atoms with Crippen molar-refractivity contribution in [3.8, 4) is 6.07 Å². The third-order valence-electron chi connectivity index (χ3n) is 2.71. The van der Waals surface area contributed by atoms with Crippen molar-refractivity contribution < 1.29 is 4.79 Å². The van der Waals surface area contributed by atoms with Crippen LogP contribution in [0.25, 0.3) is 0 Å². The number of amides is 1. The van der Waals surface area contributed by atoms with Gasteiger partial charge in [-0.25, -0.2) is 4.98 Å². The number of para-hydroxylation sites is 1. The summed E-state index contributed by atoms with van der Waals surface area (Å²) in [6, 6.07) is 14.7. The van der Waals surface area contributed by atoms with E-state index in [4.69, 9.17) is 5.26 Å². The molecule has 1 aromatic heterocycles. The van der Waals surface area contributed by atoms with Gasteiger partial charge < -0.3 is 10.2 Å². The number of hydrogen-bond donors (Lipinski definition) is 1. The van der Waals surface area contributed by atoms with E-state index in [-0.39, 0.29) is 12.5 Å². The average molecular weight is 266 g/mol. The predicted octanol–water partition coefficient (Wildman–Crippen LogP) is 2.03. The number of nitrogens with one attached hydrogen (secondary N) is 1. The summed E-state index contributed by atoms with van der Waals surface area (Å²) in [5.41, 5.74) is 1.26. The van der Waals surface area contributed by atoms with Crippen LogP contribution in [0, 0.1) is 11.3 Å². The van der Waals surface area contributed by atoms with E-state index in [9.17, 15) is 4.79 Å². The Hall–Kier alpha value is -2.87. The second kappa shape index (κ2) is 6.34. The minimum atomic E-state index is -0.121. The highest BCUT2D eigenvalue weighted by Gasteiger charge is 2.08. The molecule has 0 saturated heterocycles. The van der Waals surface area contributed by atoms with E-state index in [0.717, 1.165) is 5.69 Å². The largest absolute Gasteiger partial charge is 0.350 e. The van der Waals surface area contributed by atoms with E-state index < -0.39 is 0 Å². The monoisotopic (exact) mass is 266 g/mol. The zero-order valence-electron chi connectivity index (χ0n) is 11.1. The molecule has 1 N–H and O–H groups in total. The number of hydrogen-bond acceptors (Lipinski definition) is 4. The van der Waals surface area contributed by atoms with Gasteiger partial charge in [0.2, 0.25) is 5.91 Å². The Bertz CT molecular complexity index is 617. The van der Waals surface area contributed by atoms with E-state index in [0.29, 0.717) is 11.4 Å². The van der Waals surface area contributed by atoms with Gasteiger partial charge in [0.1, 0.15) is 11.9 Å². The number of carbonyl (C=O) groups excluding carboxylic acids is 1. The fraction of sp³-hybridized carbons (Fsp3) is 0.133. The number of rotatable bonds is 4. The predicted molar refractivity (Wildman–Crippen MR) is 77.3 cm³/mol. The molecule has 1 aromatic carbocycles. The van der Waals surface area contributed by atoms with Crippen molar-refractivity contribution in [2.75, 3.05) is 23.8 Å². The molecule has 0 aliphatic carbocycles. The molecule has 1 amide bonds. The number of benzene rings is 1. The number of nitrogens with zero attached hydrogens (tertiary/aromatic N) is 3. The van der Waals surface area contributed by atoms with Gasteiger partial charge in [-0.15, -0.1) is 0 Å². The smallest absolute Gasteiger partial charge is 0.243 e. The minimum absolute atomic E-state index is 0.121. The number of anilines is 2. The maximum absolute atomic E-state index is 11.9. The van der Waals surface area contributed by atoms with Crippen molar-refractivity contribution in [2.45, 2.75) is 0 Å². The van der Waals surface area contributed by atoms with Gasteiger partial charge in [-0.05, 0) is 24.3 Å². The first-order chi connectivity index (χ1) is 9.69. The maximum Gasteiger partial charge on any atom is 0.243 e. The molecular weight excluding hydrogens is 252 g/mol. The Morgan fingerprint density at radius 2 is 2.05 bits per heavy atom. The highest BCUT2D eigenvalue weighted by atomic mass is 16.2. The lowest BCUT2D eigenvalue weighted by Gasteiger charge is -2.17. The highest BCUT2D eigenvalue weighted by molar-refractivity contribution is 5.93. The SMILES string of the molecule is CN(CC(=O)Nc1ccccc1)c1ccc(C#N)cn1. The lowest BCUT2D eigenvalue weighted by atomic mass is 10.3. The zero-order valence-corrected chi connectivity index (χ0v) is 11.1. The molecule has 20 heavy (non-hydrogen) atoms. The van der Waals surface area contributed by atoms with Gasteiger partial charge in [-0.1, -0.05) is 18.2 Å². The summed E-state index contributed by atoms with van der Waals surface area (Å²) < 4.78 is 0. The Labute approximate surface area is 117 Å². The van der Waals surface area contributed by atoms with Crippen LogP contribution in [0.5, 0.6) is 0 Å². The van der Waals surface area contributed by atoms with E-state index in [1.807, 2.05) is 36.4 Å². The maximum atomic E-state index is 11.9. The van der Waals surface area contributed by atoms with Crippen molar-refractivity contribution in [1.29, 1.82) is 5.26 Å². The summed E-state index contributed by atoms with van der Waals surface area (Å²) in [5.74, 6) is 0.525. The van der Waals surface area contributed by atoms with Crippen molar-refractivity contribution in [1.82, 2.24) is 4.98 Å².